The first-order valence-corrected chi connectivity index (χ1v) is 13.1. The molecule has 1 fully saturated rings. The number of carbonyl (C=O) groups is 2. The topological polar surface area (TPSA) is 95.6 Å². The average molecular weight is 484 g/mol. The van der Waals surface area contributed by atoms with Crippen LogP contribution in [0.4, 0.5) is 5.69 Å². The molecule has 1 aromatic heterocycles. The van der Waals surface area contributed by atoms with Crippen molar-refractivity contribution in [1.29, 1.82) is 0 Å². The van der Waals surface area contributed by atoms with Crippen LogP contribution in [0.2, 0.25) is 0 Å². The van der Waals surface area contributed by atoms with Gasteiger partial charge in [0.2, 0.25) is 10.0 Å². The zero-order chi connectivity index (χ0) is 23.3. The summed E-state index contributed by atoms with van der Waals surface area (Å²) < 4.78 is 27.1. The highest BCUT2D eigenvalue weighted by atomic mass is 32.2. The predicted octanol–water partition coefficient (Wildman–Crippen LogP) is 4.11. The number of piperidine rings is 1. The third-order valence-corrected chi connectivity index (χ3v) is 8.24. The van der Waals surface area contributed by atoms with E-state index in [-0.39, 0.29) is 23.3 Å². The molecule has 0 unspecified atom stereocenters. The van der Waals surface area contributed by atoms with Crippen molar-refractivity contribution < 1.29 is 18.0 Å². The zero-order valence-electron chi connectivity index (χ0n) is 18.0. The van der Waals surface area contributed by atoms with Gasteiger partial charge in [-0.2, -0.15) is 4.31 Å². The van der Waals surface area contributed by atoms with E-state index in [0.717, 1.165) is 24.8 Å². The minimum absolute atomic E-state index is 0.220. The van der Waals surface area contributed by atoms with E-state index in [9.17, 15) is 18.0 Å². The Bertz CT molecular complexity index is 1220. The number of anilines is 1. The van der Waals surface area contributed by atoms with Crippen molar-refractivity contribution in [2.24, 2.45) is 0 Å². The largest absolute Gasteiger partial charge is 0.348 e. The molecule has 1 aliphatic heterocycles. The van der Waals surface area contributed by atoms with Crippen LogP contribution in [0.5, 0.6) is 0 Å². The highest BCUT2D eigenvalue weighted by Crippen LogP contribution is 2.21. The lowest BCUT2D eigenvalue weighted by molar-refractivity contribution is 0.0949. The van der Waals surface area contributed by atoms with Crippen LogP contribution in [0.15, 0.2) is 70.9 Å². The molecular formula is C24H25N3O4S2. The lowest BCUT2D eigenvalue weighted by Gasteiger charge is -2.25. The highest BCUT2D eigenvalue weighted by molar-refractivity contribution is 7.89. The Kier molecular flexibility index (Phi) is 7.22. The van der Waals surface area contributed by atoms with Gasteiger partial charge >= 0.3 is 0 Å². The van der Waals surface area contributed by atoms with Gasteiger partial charge in [-0.05, 0) is 60.2 Å². The Morgan fingerprint density at radius 3 is 2.36 bits per heavy atom. The number of hydrogen-bond acceptors (Lipinski definition) is 5. The van der Waals surface area contributed by atoms with Crippen LogP contribution in [0.1, 0.15) is 44.9 Å². The van der Waals surface area contributed by atoms with E-state index in [2.05, 4.69) is 10.6 Å². The summed E-state index contributed by atoms with van der Waals surface area (Å²) in [5, 5.41) is 7.45. The van der Waals surface area contributed by atoms with E-state index in [1.165, 1.54) is 15.6 Å². The van der Waals surface area contributed by atoms with Crippen LogP contribution in [0, 0.1) is 0 Å². The molecule has 3 aromatic rings. The Balaban J connectivity index is 1.35. The third kappa shape index (κ3) is 5.68. The fourth-order valence-electron chi connectivity index (χ4n) is 3.66. The molecule has 0 saturated carbocycles. The minimum atomic E-state index is -3.47. The van der Waals surface area contributed by atoms with Gasteiger partial charge in [-0.3, -0.25) is 9.59 Å². The summed E-state index contributed by atoms with van der Waals surface area (Å²) in [7, 11) is -3.47. The molecular weight excluding hydrogens is 458 g/mol. The van der Waals surface area contributed by atoms with Crippen molar-refractivity contribution >= 4 is 38.9 Å². The molecule has 33 heavy (non-hydrogen) atoms. The van der Waals surface area contributed by atoms with Gasteiger partial charge in [0, 0.05) is 30.9 Å². The first kappa shape index (κ1) is 23.2. The number of rotatable bonds is 7. The maximum atomic E-state index is 12.8. The Hall–Kier alpha value is -3.01. The zero-order valence-corrected chi connectivity index (χ0v) is 19.6. The lowest BCUT2D eigenvalue weighted by Crippen LogP contribution is -2.35. The second kappa shape index (κ2) is 10.3. The van der Waals surface area contributed by atoms with Crippen molar-refractivity contribution in [3.05, 3.63) is 82.0 Å². The van der Waals surface area contributed by atoms with Crippen LogP contribution in [-0.2, 0) is 16.6 Å². The molecule has 9 heteroatoms. The van der Waals surface area contributed by atoms with Crippen LogP contribution in [0.25, 0.3) is 0 Å². The standard InChI is InChI=1S/C24H25N3O4S2/c28-23(19-6-4-7-20(16-19)26-24(29)22-8-5-15-32-22)25-17-18-9-11-21(12-10-18)33(30,31)27-13-2-1-3-14-27/h4-12,15-16H,1-3,13-14,17H2,(H,25,28)(H,26,29). The molecule has 4 rings (SSSR count). The van der Waals surface area contributed by atoms with Gasteiger partial charge in [0.05, 0.1) is 9.77 Å². The number of hydrogen-bond donors (Lipinski definition) is 2. The number of thiophene rings is 1. The summed E-state index contributed by atoms with van der Waals surface area (Å²) in [6.45, 7) is 1.38. The van der Waals surface area contributed by atoms with E-state index >= 15 is 0 Å². The molecule has 172 valence electrons. The van der Waals surface area contributed by atoms with Gasteiger partial charge in [0.1, 0.15) is 0 Å². The van der Waals surface area contributed by atoms with Crippen molar-refractivity contribution in [1.82, 2.24) is 9.62 Å². The molecule has 0 radical (unpaired) electrons. The monoisotopic (exact) mass is 483 g/mol. The molecule has 0 aliphatic carbocycles. The first-order valence-electron chi connectivity index (χ1n) is 10.8. The number of carbonyl (C=O) groups excluding carboxylic acids is 2. The van der Waals surface area contributed by atoms with Gasteiger partial charge in [0.15, 0.2) is 0 Å². The van der Waals surface area contributed by atoms with Crippen molar-refractivity contribution in [3.8, 4) is 0 Å². The third-order valence-electron chi connectivity index (χ3n) is 5.46. The van der Waals surface area contributed by atoms with E-state index in [4.69, 9.17) is 0 Å². The van der Waals surface area contributed by atoms with Gasteiger partial charge in [0.25, 0.3) is 11.8 Å². The molecule has 2 heterocycles. The Labute approximate surface area is 197 Å². The fourth-order valence-corrected chi connectivity index (χ4v) is 5.79. The molecule has 0 atom stereocenters. The number of nitrogens with zero attached hydrogens (tertiary/aromatic N) is 1. The van der Waals surface area contributed by atoms with Gasteiger partial charge in [-0.15, -0.1) is 11.3 Å². The summed E-state index contributed by atoms with van der Waals surface area (Å²) in [6, 6.07) is 16.9. The van der Waals surface area contributed by atoms with Crippen LogP contribution in [-0.4, -0.2) is 37.6 Å². The quantitative estimate of drug-likeness (QED) is 0.529. The molecule has 1 aliphatic rings. The maximum Gasteiger partial charge on any atom is 0.265 e. The lowest BCUT2D eigenvalue weighted by atomic mass is 10.1. The molecule has 7 nitrogen and oxygen atoms in total. The van der Waals surface area contributed by atoms with Gasteiger partial charge in [-0.25, -0.2) is 8.42 Å². The van der Waals surface area contributed by atoms with Crippen molar-refractivity contribution in [3.63, 3.8) is 0 Å². The van der Waals surface area contributed by atoms with E-state index < -0.39 is 10.0 Å². The van der Waals surface area contributed by atoms with E-state index in [0.29, 0.717) is 29.2 Å². The summed E-state index contributed by atoms with van der Waals surface area (Å²) in [5.41, 5.74) is 1.75. The highest BCUT2D eigenvalue weighted by Gasteiger charge is 2.25. The molecule has 1 saturated heterocycles. The SMILES string of the molecule is O=C(NCc1ccc(S(=O)(=O)N2CCCCC2)cc1)c1cccc(NC(=O)c2cccs2)c1. The van der Waals surface area contributed by atoms with Crippen molar-refractivity contribution in [2.75, 3.05) is 18.4 Å². The normalized spacial score (nSPS) is 14.5. The number of sulfonamides is 1. The van der Waals surface area contributed by atoms with E-state index in [1.807, 2.05) is 5.38 Å². The second-order valence-electron chi connectivity index (χ2n) is 7.80. The molecule has 2 amide bonds. The van der Waals surface area contributed by atoms with Gasteiger partial charge < -0.3 is 10.6 Å². The molecule has 0 spiro atoms. The Morgan fingerprint density at radius 1 is 0.909 bits per heavy atom. The summed E-state index contributed by atoms with van der Waals surface area (Å²) in [6.07, 6.45) is 2.85. The fraction of sp³-hybridized carbons (Fsp3) is 0.250. The van der Waals surface area contributed by atoms with Crippen LogP contribution < -0.4 is 10.6 Å². The molecule has 2 N–H and O–H groups in total. The molecule has 2 aromatic carbocycles. The summed E-state index contributed by atoms with van der Waals surface area (Å²) >= 11 is 1.35. The Morgan fingerprint density at radius 2 is 1.67 bits per heavy atom. The smallest absolute Gasteiger partial charge is 0.265 e. The maximum absolute atomic E-state index is 12.8. The van der Waals surface area contributed by atoms with Gasteiger partial charge in [-0.1, -0.05) is 30.7 Å². The summed E-state index contributed by atoms with van der Waals surface area (Å²) in [5.74, 6) is -0.505. The predicted molar refractivity (Wildman–Crippen MR) is 129 cm³/mol. The number of amides is 2. The summed E-state index contributed by atoms with van der Waals surface area (Å²) in [4.78, 5) is 25.7. The number of benzene rings is 2. The minimum Gasteiger partial charge on any atom is -0.348 e. The van der Waals surface area contributed by atoms with Crippen LogP contribution in [0.3, 0.4) is 0 Å². The van der Waals surface area contributed by atoms with Crippen molar-refractivity contribution in [2.45, 2.75) is 30.7 Å². The average Bonchev–Trinajstić information content (AvgIpc) is 3.39. The second-order valence-corrected chi connectivity index (χ2v) is 10.7. The first-order chi connectivity index (χ1) is 15.9. The van der Waals surface area contributed by atoms with Crippen LogP contribution >= 0.6 is 11.3 Å². The number of nitrogens with one attached hydrogen (secondary N) is 2. The van der Waals surface area contributed by atoms with E-state index in [1.54, 1.807) is 60.7 Å². The molecule has 0 bridgehead atoms.